The minimum absolute atomic E-state index is 0.0419. The van der Waals surface area contributed by atoms with Crippen LogP contribution >= 0.6 is 0 Å². The van der Waals surface area contributed by atoms with E-state index >= 15 is 0 Å². The molecule has 6 aromatic heterocycles. The number of hydrogen-bond donors (Lipinski definition) is 0. The second kappa shape index (κ2) is 10.5. The lowest BCUT2D eigenvalue weighted by atomic mass is 9.82. The first kappa shape index (κ1) is 35.5. The van der Waals surface area contributed by atoms with Crippen LogP contribution in [0.2, 0.25) is 0 Å². The quantitative estimate of drug-likeness (QED) is 0.153. The first-order valence-corrected chi connectivity index (χ1v) is 23.0. The van der Waals surface area contributed by atoms with Gasteiger partial charge in [0.25, 0.3) is 0 Å². The Kier molecular flexibility index (Phi) is 5.85. The maximum absolute atomic E-state index is 5.82. The van der Waals surface area contributed by atoms with Crippen molar-refractivity contribution in [1.82, 2.24) is 27.6 Å². The molecule has 64 heavy (non-hydrogen) atoms. The maximum Gasteiger partial charge on any atom is 0.220 e. The van der Waals surface area contributed by atoms with Crippen molar-refractivity contribution in [2.45, 2.75) is 90.9 Å². The Balaban J connectivity index is 1.23. The van der Waals surface area contributed by atoms with Gasteiger partial charge >= 0.3 is 0 Å². The first-order valence-electron chi connectivity index (χ1n) is 23.0. The van der Waals surface area contributed by atoms with Gasteiger partial charge in [0.2, 0.25) is 11.6 Å². The summed E-state index contributed by atoms with van der Waals surface area (Å²) in [6.45, 7) is 23.4. The molecule has 2 aliphatic carbocycles. The van der Waals surface area contributed by atoms with Crippen LogP contribution in [-0.4, -0.2) is 27.6 Å². The molecule has 6 nitrogen and oxygen atoms in total. The topological polar surface area (TPSA) is 43.4 Å². The van der Waals surface area contributed by atoms with Gasteiger partial charge in [-0.15, -0.1) is 0 Å². The third kappa shape index (κ3) is 3.76. The van der Waals surface area contributed by atoms with Gasteiger partial charge in [-0.3, -0.25) is 17.6 Å². The summed E-state index contributed by atoms with van der Waals surface area (Å²) >= 11 is 0. The fourth-order valence-electron chi connectivity index (χ4n) is 12.9. The van der Waals surface area contributed by atoms with Crippen LogP contribution in [0.25, 0.3) is 111 Å². The van der Waals surface area contributed by atoms with E-state index in [1.807, 2.05) is 0 Å². The van der Waals surface area contributed by atoms with Gasteiger partial charge in [0, 0.05) is 43.5 Å². The third-order valence-corrected chi connectivity index (χ3v) is 16.1. The Labute approximate surface area is 370 Å². The highest BCUT2D eigenvalue weighted by atomic mass is 15.2. The zero-order chi connectivity index (χ0) is 43.5. The lowest BCUT2D eigenvalue weighted by molar-refractivity contribution is 0.591. The number of hydrogen-bond acceptors (Lipinski definition) is 2. The fourth-order valence-corrected chi connectivity index (χ4v) is 12.9. The molecule has 0 spiro atoms. The summed E-state index contributed by atoms with van der Waals surface area (Å²) in [5, 5.41) is 5.03. The van der Waals surface area contributed by atoms with Crippen LogP contribution in [0, 0.1) is 0 Å². The summed E-state index contributed by atoms with van der Waals surface area (Å²) in [5.41, 5.74) is 24.5. The monoisotopic (exact) mass is 828 g/mol. The zero-order valence-electron chi connectivity index (χ0n) is 38.1. The van der Waals surface area contributed by atoms with Crippen LogP contribution in [0.4, 0.5) is 0 Å². The molecule has 0 amide bonds. The average molecular weight is 829 g/mol. The summed E-state index contributed by atoms with van der Waals surface area (Å²) in [4.78, 5) is 11.6. The van der Waals surface area contributed by atoms with Crippen molar-refractivity contribution >= 4 is 88.3 Å². The Bertz CT molecular complexity index is 4030. The molecular formula is C58H48N6. The molecule has 15 rings (SSSR count). The third-order valence-electron chi connectivity index (χ3n) is 16.1. The summed E-state index contributed by atoms with van der Waals surface area (Å²) in [7, 11) is 0. The molecule has 0 saturated heterocycles. The average Bonchev–Trinajstić information content (AvgIpc) is 4.13. The molecule has 0 radical (unpaired) electrons. The van der Waals surface area contributed by atoms with Crippen molar-refractivity contribution < 1.29 is 0 Å². The molecular weight excluding hydrogens is 781 g/mol. The van der Waals surface area contributed by atoms with Gasteiger partial charge < -0.3 is 0 Å². The van der Waals surface area contributed by atoms with Crippen LogP contribution in [0.3, 0.4) is 0 Å². The number of nitrogens with zero attached hydrogens (tertiary/aromatic N) is 6. The van der Waals surface area contributed by atoms with E-state index in [0.29, 0.717) is 0 Å². The van der Waals surface area contributed by atoms with Gasteiger partial charge in [0.1, 0.15) is 0 Å². The molecule has 7 aromatic carbocycles. The minimum Gasteiger partial charge on any atom is -0.277 e. The lowest BCUT2D eigenvalue weighted by Crippen LogP contribution is -2.14. The molecule has 0 bridgehead atoms. The lowest BCUT2D eigenvalue weighted by Gasteiger charge is -2.21. The summed E-state index contributed by atoms with van der Waals surface area (Å²) in [5.74, 6) is 1.92. The van der Waals surface area contributed by atoms with Crippen molar-refractivity contribution in [3.8, 4) is 22.3 Å². The van der Waals surface area contributed by atoms with Gasteiger partial charge in [-0.05, 0) is 91.7 Å². The molecule has 6 heteroatoms. The van der Waals surface area contributed by atoms with Crippen molar-refractivity contribution in [3.05, 3.63) is 143 Å². The van der Waals surface area contributed by atoms with E-state index in [1.54, 1.807) is 0 Å². The van der Waals surface area contributed by atoms with Crippen molar-refractivity contribution in [2.75, 3.05) is 0 Å². The summed E-state index contributed by atoms with van der Waals surface area (Å²) in [6, 6.07) is 41.8. The molecule has 2 aliphatic rings. The largest absolute Gasteiger partial charge is 0.277 e. The Morgan fingerprint density at radius 2 is 0.766 bits per heavy atom. The van der Waals surface area contributed by atoms with Crippen LogP contribution in [-0.2, 0) is 21.7 Å². The van der Waals surface area contributed by atoms with E-state index in [9.17, 15) is 0 Å². The standard InChI is InChI=1S/C58H48N6/c1-55(2,3)29-19-23-39-33(27-29)45-49-52(64-42-26-22-38-44(48(42)59-53(64)61(39)49)32-16-12-14-18-36(32)58(38,9)10)46-34-28-30(56(4,5)6)20-24-40(34)62-50(46)51(45)63-41-25-21-37-43(47(41)60-54(62)63)31-15-11-13-17-35(31)57(37,7)8/h11-28H,1-10H3. The molecule has 0 unspecified atom stereocenters. The summed E-state index contributed by atoms with van der Waals surface area (Å²) in [6.07, 6.45) is 0. The number of aromatic nitrogens is 6. The van der Waals surface area contributed by atoms with Crippen molar-refractivity contribution in [3.63, 3.8) is 0 Å². The second-order valence-corrected chi connectivity index (χ2v) is 22.3. The van der Waals surface area contributed by atoms with Gasteiger partial charge in [-0.2, -0.15) is 0 Å². The van der Waals surface area contributed by atoms with E-state index in [0.717, 1.165) is 33.6 Å². The molecule has 310 valence electrons. The smallest absolute Gasteiger partial charge is 0.220 e. The Morgan fingerprint density at radius 3 is 1.16 bits per heavy atom. The number of rotatable bonds is 0. The van der Waals surface area contributed by atoms with Crippen molar-refractivity contribution in [1.29, 1.82) is 0 Å². The van der Waals surface area contributed by atoms with Crippen LogP contribution in [0.15, 0.2) is 109 Å². The zero-order valence-corrected chi connectivity index (χ0v) is 38.1. The van der Waals surface area contributed by atoms with Gasteiger partial charge in [-0.1, -0.05) is 142 Å². The van der Waals surface area contributed by atoms with E-state index in [-0.39, 0.29) is 21.7 Å². The van der Waals surface area contributed by atoms with Crippen LogP contribution in [0.5, 0.6) is 0 Å². The molecule has 0 fully saturated rings. The summed E-state index contributed by atoms with van der Waals surface area (Å²) < 4.78 is 10.0. The predicted molar refractivity (Wildman–Crippen MR) is 266 cm³/mol. The Morgan fingerprint density at radius 1 is 0.406 bits per heavy atom. The first-order chi connectivity index (χ1) is 30.6. The highest BCUT2D eigenvalue weighted by Crippen LogP contribution is 2.55. The van der Waals surface area contributed by atoms with Gasteiger partial charge in [0.15, 0.2) is 0 Å². The second-order valence-electron chi connectivity index (χ2n) is 22.3. The van der Waals surface area contributed by atoms with Gasteiger partial charge in [-0.25, -0.2) is 9.97 Å². The van der Waals surface area contributed by atoms with Crippen molar-refractivity contribution in [2.24, 2.45) is 0 Å². The normalized spacial score (nSPS) is 15.9. The molecule has 13 aromatic rings. The molecule has 0 N–H and O–H groups in total. The number of benzene rings is 7. The Hall–Kier alpha value is -6.92. The van der Waals surface area contributed by atoms with E-state index in [4.69, 9.17) is 9.97 Å². The van der Waals surface area contributed by atoms with E-state index in [1.165, 1.54) is 110 Å². The van der Waals surface area contributed by atoms with Gasteiger partial charge in [0.05, 0.1) is 55.2 Å². The maximum atomic E-state index is 5.82. The predicted octanol–water partition coefficient (Wildman–Crippen LogP) is 14.5. The van der Waals surface area contributed by atoms with Crippen LogP contribution in [0.1, 0.15) is 103 Å². The number of fused-ring (bicyclic) bond motifs is 26. The van der Waals surface area contributed by atoms with E-state index in [2.05, 4.69) is 196 Å². The highest BCUT2D eigenvalue weighted by Gasteiger charge is 2.40. The number of imidazole rings is 4. The molecule has 0 aliphatic heterocycles. The molecule has 0 saturated carbocycles. The SMILES string of the molecule is CC(C)(C)c1ccc2c(c1)c1c3c4c(c5cc(C(C)(C)C)ccc5n4c4nc5c6c(ccc5n34)C(C)(C)c3ccccc3-6)c3c1n2c1nc2c4c(ccc2n31)C(C)(C)c1ccccc1-4. The minimum atomic E-state index is -0.123. The molecule has 6 heterocycles. The molecule has 0 atom stereocenters. The highest BCUT2D eigenvalue weighted by molar-refractivity contribution is 6.37. The van der Waals surface area contributed by atoms with Crippen LogP contribution < -0.4 is 0 Å². The van der Waals surface area contributed by atoms with E-state index < -0.39 is 0 Å². The fraction of sp³-hybridized carbons (Fsp3) is 0.241.